The van der Waals surface area contributed by atoms with Crippen LogP contribution in [-0.4, -0.2) is 18.8 Å². The maximum atomic E-state index is 12.6. The number of carbonyl (C=O) groups excluding carboxylic acids is 1. The van der Waals surface area contributed by atoms with Gasteiger partial charge in [0.2, 0.25) is 0 Å². The van der Waals surface area contributed by atoms with E-state index in [0.29, 0.717) is 13.0 Å². The minimum Gasteiger partial charge on any atom is -0.486 e. The van der Waals surface area contributed by atoms with Crippen molar-refractivity contribution in [1.82, 2.24) is 0 Å². The summed E-state index contributed by atoms with van der Waals surface area (Å²) in [7, 11) is 0. The number of carbonyl (C=O) groups is 1. The van der Waals surface area contributed by atoms with Crippen LogP contribution in [0.5, 0.6) is 5.75 Å². The standard InChI is InChI=1S/C11H9F5O2/c1-10(12,13)6-18-9-7(5-17)3-2-4-8(9)11(14,15)16/h2-5H,6H2,1H3. The fraction of sp³-hybridized carbons (Fsp3) is 0.364. The predicted octanol–water partition coefficient (Wildman–Crippen LogP) is 3.55. The predicted molar refractivity (Wildman–Crippen MR) is 52.9 cm³/mol. The van der Waals surface area contributed by atoms with Crippen molar-refractivity contribution in [3.63, 3.8) is 0 Å². The first-order chi connectivity index (χ1) is 8.15. The second kappa shape index (κ2) is 4.91. The molecule has 0 aliphatic carbocycles. The zero-order chi connectivity index (χ0) is 14.0. The lowest BCUT2D eigenvalue weighted by atomic mass is 10.1. The third-order valence-corrected chi connectivity index (χ3v) is 1.95. The van der Waals surface area contributed by atoms with E-state index in [4.69, 9.17) is 0 Å². The first kappa shape index (κ1) is 14.4. The molecule has 2 nitrogen and oxygen atoms in total. The van der Waals surface area contributed by atoms with Crippen molar-refractivity contribution < 1.29 is 31.5 Å². The molecule has 1 aromatic rings. The Hall–Kier alpha value is -1.66. The normalized spacial score (nSPS) is 12.3. The molecule has 0 N–H and O–H groups in total. The van der Waals surface area contributed by atoms with Gasteiger partial charge in [0, 0.05) is 6.92 Å². The average Bonchev–Trinajstić information content (AvgIpc) is 2.23. The molecule has 0 spiro atoms. The minimum atomic E-state index is -4.78. The molecule has 0 heterocycles. The second-order valence-electron chi connectivity index (χ2n) is 3.70. The van der Waals surface area contributed by atoms with Gasteiger partial charge in [-0.15, -0.1) is 0 Å². The molecule has 100 valence electrons. The van der Waals surface area contributed by atoms with Crippen LogP contribution in [0.25, 0.3) is 0 Å². The van der Waals surface area contributed by atoms with Crippen molar-refractivity contribution in [2.75, 3.05) is 6.61 Å². The van der Waals surface area contributed by atoms with Gasteiger partial charge >= 0.3 is 6.18 Å². The summed E-state index contributed by atoms with van der Waals surface area (Å²) in [6.07, 6.45) is -4.66. The van der Waals surface area contributed by atoms with Gasteiger partial charge in [0.1, 0.15) is 5.75 Å². The molecule has 0 aliphatic heterocycles. The van der Waals surface area contributed by atoms with Gasteiger partial charge < -0.3 is 4.74 Å². The Kier molecular flexibility index (Phi) is 3.93. The van der Waals surface area contributed by atoms with E-state index in [1.807, 2.05) is 0 Å². The molecule has 0 atom stereocenters. The van der Waals surface area contributed by atoms with E-state index in [1.54, 1.807) is 0 Å². The van der Waals surface area contributed by atoms with E-state index in [1.165, 1.54) is 0 Å². The highest BCUT2D eigenvalue weighted by atomic mass is 19.4. The van der Waals surface area contributed by atoms with Crippen LogP contribution < -0.4 is 4.74 Å². The lowest BCUT2D eigenvalue weighted by Gasteiger charge is -2.17. The van der Waals surface area contributed by atoms with Crippen LogP contribution in [-0.2, 0) is 6.18 Å². The maximum Gasteiger partial charge on any atom is 0.419 e. The molecule has 18 heavy (non-hydrogen) atoms. The lowest BCUT2D eigenvalue weighted by molar-refractivity contribution is -0.139. The van der Waals surface area contributed by atoms with Crippen molar-refractivity contribution >= 4 is 6.29 Å². The van der Waals surface area contributed by atoms with Gasteiger partial charge in [-0.05, 0) is 12.1 Å². The second-order valence-corrected chi connectivity index (χ2v) is 3.70. The molecule has 0 radical (unpaired) electrons. The van der Waals surface area contributed by atoms with Crippen LogP contribution >= 0.6 is 0 Å². The third-order valence-electron chi connectivity index (χ3n) is 1.95. The molecular formula is C11H9F5O2. The first-order valence-corrected chi connectivity index (χ1v) is 4.81. The van der Waals surface area contributed by atoms with Crippen LogP contribution in [0.3, 0.4) is 0 Å². The molecule has 0 unspecified atom stereocenters. The summed E-state index contributed by atoms with van der Waals surface area (Å²) in [6, 6.07) is 2.73. The van der Waals surface area contributed by atoms with Gasteiger partial charge in [0.15, 0.2) is 12.9 Å². The van der Waals surface area contributed by atoms with Gasteiger partial charge in [0.05, 0.1) is 11.1 Å². The highest BCUT2D eigenvalue weighted by molar-refractivity contribution is 5.80. The van der Waals surface area contributed by atoms with Crippen molar-refractivity contribution in [1.29, 1.82) is 0 Å². The molecule has 0 bridgehead atoms. The summed E-state index contributed by atoms with van der Waals surface area (Å²) < 4.78 is 67.4. The van der Waals surface area contributed by atoms with Crippen molar-refractivity contribution in [2.24, 2.45) is 0 Å². The molecule has 0 saturated carbocycles. The molecule has 0 fully saturated rings. The zero-order valence-electron chi connectivity index (χ0n) is 9.22. The number of aldehydes is 1. The van der Waals surface area contributed by atoms with Crippen LogP contribution in [0.1, 0.15) is 22.8 Å². The molecule has 7 heteroatoms. The Labute approximate surface area is 99.4 Å². The van der Waals surface area contributed by atoms with Crippen LogP contribution in [0.2, 0.25) is 0 Å². The smallest absolute Gasteiger partial charge is 0.419 e. The van der Waals surface area contributed by atoms with Gasteiger partial charge in [-0.1, -0.05) is 6.07 Å². The topological polar surface area (TPSA) is 26.3 Å². The van der Waals surface area contributed by atoms with Crippen LogP contribution in [0, 0.1) is 0 Å². The van der Waals surface area contributed by atoms with E-state index in [-0.39, 0.29) is 6.29 Å². The Balaban J connectivity index is 3.17. The number of para-hydroxylation sites is 1. The van der Waals surface area contributed by atoms with Crippen molar-refractivity contribution in [3.8, 4) is 5.75 Å². The molecule has 1 aromatic carbocycles. The quantitative estimate of drug-likeness (QED) is 0.616. The average molecular weight is 268 g/mol. The van der Waals surface area contributed by atoms with E-state index < -0.39 is 35.6 Å². The summed E-state index contributed by atoms with van der Waals surface area (Å²) in [5.41, 5.74) is -1.68. The monoisotopic (exact) mass is 268 g/mol. The molecule has 0 amide bonds. The number of ether oxygens (including phenoxy) is 1. The molecule has 0 aromatic heterocycles. The molecule has 0 aliphatic rings. The minimum absolute atomic E-state index is 0.123. The number of hydrogen-bond acceptors (Lipinski definition) is 2. The van der Waals surface area contributed by atoms with Crippen molar-refractivity contribution in [2.45, 2.75) is 19.0 Å². The highest BCUT2D eigenvalue weighted by Crippen LogP contribution is 2.38. The number of hydrogen-bond donors (Lipinski definition) is 0. The third kappa shape index (κ3) is 3.68. The van der Waals surface area contributed by atoms with Crippen LogP contribution in [0.15, 0.2) is 18.2 Å². The summed E-state index contributed by atoms with van der Waals surface area (Å²) in [4.78, 5) is 10.6. The van der Waals surface area contributed by atoms with Crippen molar-refractivity contribution in [3.05, 3.63) is 29.3 Å². The number of halogens is 5. The van der Waals surface area contributed by atoms with Gasteiger partial charge in [-0.3, -0.25) is 4.79 Å². The van der Waals surface area contributed by atoms with E-state index in [0.717, 1.165) is 12.1 Å². The summed E-state index contributed by atoms with van der Waals surface area (Å²) >= 11 is 0. The number of alkyl halides is 5. The molecule has 1 rings (SSSR count). The number of benzene rings is 1. The fourth-order valence-corrected chi connectivity index (χ4v) is 1.23. The Morgan fingerprint density at radius 3 is 2.28 bits per heavy atom. The zero-order valence-corrected chi connectivity index (χ0v) is 9.22. The summed E-state index contributed by atoms with van der Waals surface area (Å²) in [5, 5.41) is 0. The highest BCUT2D eigenvalue weighted by Gasteiger charge is 2.36. The largest absolute Gasteiger partial charge is 0.486 e. The maximum absolute atomic E-state index is 12.6. The Bertz CT molecular complexity index is 434. The number of rotatable bonds is 4. The van der Waals surface area contributed by atoms with Gasteiger partial charge in [-0.2, -0.15) is 13.2 Å². The van der Waals surface area contributed by atoms with Gasteiger partial charge in [0.25, 0.3) is 5.92 Å². The lowest BCUT2D eigenvalue weighted by Crippen LogP contribution is -2.23. The summed E-state index contributed by atoms with van der Waals surface area (Å²) in [6.45, 7) is -0.731. The SMILES string of the molecule is CC(F)(F)COc1c(C=O)cccc1C(F)(F)F. The van der Waals surface area contributed by atoms with E-state index in [9.17, 15) is 26.7 Å². The van der Waals surface area contributed by atoms with Gasteiger partial charge in [-0.25, -0.2) is 8.78 Å². The molecular weight excluding hydrogens is 259 g/mol. The first-order valence-electron chi connectivity index (χ1n) is 4.81. The fourth-order valence-electron chi connectivity index (χ4n) is 1.23. The Morgan fingerprint density at radius 1 is 1.22 bits per heavy atom. The van der Waals surface area contributed by atoms with E-state index in [2.05, 4.69) is 4.74 Å². The molecule has 0 saturated heterocycles. The summed E-state index contributed by atoms with van der Waals surface area (Å²) in [5.74, 6) is -4.17. The Morgan fingerprint density at radius 2 is 1.83 bits per heavy atom. The van der Waals surface area contributed by atoms with Crippen LogP contribution in [0.4, 0.5) is 22.0 Å². The van der Waals surface area contributed by atoms with E-state index >= 15 is 0 Å².